The van der Waals surface area contributed by atoms with E-state index >= 15 is 0 Å². The van der Waals surface area contributed by atoms with Crippen LogP contribution in [0.4, 0.5) is 0 Å². The second-order valence-electron chi connectivity index (χ2n) is 8.69. The van der Waals surface area contributed by atoms with Gasteiger partial charge in [0, 0.05) is 6.54 Å². The van der Waals surface area contributed by atoms with Gasteiger partial charge in [0.2, 0.25) is 0 Å². The molecular formula is C29H31NO2. The standard InChI is InChI=1S/C29H31NO2/c1-31-26-14-15-27-24(20-26)21-28(22-8-4-2-5-9-22)29(27)23-10-12-25(13-11-23)32-19-18-30-16-6-3-7-17-30/h2,4-5,8-15,20H,3,6-7,16-19,21H2,1H3. The van der Waals surface area contributed by atoms with Crippen molar-refractivity contribution in [3.63, 3.8) is 0 Å². The van der Waals surface area contributed by atoms with Gasteiger partial charge in [-0.25, -0.2) is 0 Å². The van der Waals surface area contributed by atoms with Crippen LogP contribution in [0.5, 0.6) is 11.5 Å². The van der Waals surface area contributed by atoms with Crippen LogP contribution in [0.2, 0.25) is 0 Å². The molecule has 1 fully saturated rings. The number of benzene rings is 3. The summed E-state index contributed by atoms with van der Waals surface area (Å²) < 4.78 is 11.5. The average Bonchev–Trinajstić information content (AvgIpc) is 3.24. The second-order valence-corrected chi connectivity index (χ2v) is 8.69. The molecule has 3 aromatic rings. The summed E-state index contributed by atoms with van der Waals surface area (Å²) in [6.07, 6.45) is 4.93. The Morgan fingerprint density at radius 2 is 1.53 bits per heavy atom. The molecule has 2 aliphatic rings. The lowest BCUT2D eigenvalue weighted by Crippen LogP contribution is -2.33. The molecule has 0 atom stereocenters. The summed E-state index contributed by atoms with van der Waals surface area (Å²) in [5, 5.41) is 0. The number of ether oxygens (including phenoxy) is 2. The van der Waals surface area contributed by atoms with Gasteiger partial charge in [-0.05, 0) is 90.0 Å². The Hall–Kier alpha value is -3.04. The predicted molar refractivity (Wildman–Crippen MR) is 131 cm³/mol. The molecule has 0 N–H and O–H groups in total. The third-order valence-corrected chi connectivity index (χ3v) is 6.64. The molecule has 164 valence electrons. The van der Waals surface area contributed by atoms with Gasteiger partial charge in [-0.15, -0.1) is 0 Å². The number of nitrogens with zero attached hydrogens (tertiary/aromatic N) is 1. The van der Waals surface area contributed by atoms with Crippen molar-refractivity contribution in [2.75, 3.05) is 33.4 Å². The summed E-state index contributed by atoms with van der Waals surface area (Å²) in [5.74, 6) is 1.86. The van der Waals surface area contributed by atoms with E-state index in [-0.39, 0.29) is 0 Å². The van der Waals surface area contributed by atoms with Crippen molar-refractivity contribution in [3.05, 3.63) is 95.1 Å². The van der Waals surface area contributed by atoms with Gasteiger partial charge >= 0.3 is 0 Å². The largest absolute Gasteiger partial charge is 0.497 e. The van der Waals surface area contributed by atoms with Crippen molar-refractivity contribution < 1.29 is 9.47 Å². The van der Waals surface area contributed by atoms with E-state index in [0.717, 1.165) is 31.1 Å². The van der Waals surface area contributed by atoms with Crippen molar-refractivity contribution in [2.45, 2.75) is 25.7 Å². The van der Waals surface area contributed by atoms with Crippen LogP contribution in [-0.2, 0) is 6.42 Å². The predicted octanol–water partition coefficient (Wildman–Crippen LogP) is 6.08. The molecule has 1 aliphatic heterocycles. The lowest BCUT2D eigenvalue weighted by Gasteiger charge is -2.26. The molecule has 1 aliphatic carbocycles. The van der Waals surface area contributed by atoms with E-state index in [2.05, 4.69) is 77.7 Å². The maximum atomic E-state index is 6.06. The Morgan fingerprint density at radius 1 is 0.781 bits per heavy atom. The van der Waals surface area contributed by atoms with E-state index in [1.54, 1.807) is 7.11 Å². The molecule has 0 amide bonds. The Kier molecular flexibility index (Phi) is 6.27. The molecule has 32 heavy (non-hydrogen) atoms. The number of fused-ring (bicyclic) bond motifs is 1. The van der Waals surface area contributed by atoms with E-state index in [0.29, 0.717) is 0 Å². The van der Waals surface area contributed by atoms with Gasteiger partial charge in [-0.2, -0.15) is 0 Å². The SMILES string of the molecule is COc1ccc2c(c1)CC(c1ccccc1)=C2c1ccc(OCCN2CCCCC2)cc1. The molecule has 0 spiro atoms. The van der Waals surface area contributed by atoms with Gasteiger partial charge in [0.05, 0.1) is 7.11 Å². The van der Waals surface area contributed by atoms with Gasteiger partial charge in [-0.1, -0.05) is 55.0 Å². The van der Waals surface area contributed by atoms with E-state index in [9.17, 15) is 0 Å². The highest BCUT2D eigenvalue weighted by Gasteiger charge is 2.24. The highest BCUT2D eigenvalue weighted by molar-refractivity contribution is 6.03. The average molecular weight is 426 g/mol. The van der Waals surface area contributed by atoms with Crippen molar-refractivity contribution in [1.29, 1.82) is 0 Å². The molecule has 1 heterocycles. The smallest absolute Gasteiger partial charge is 0.119 e. The Balaban J connectivity index is 1.38. The van der Waals surface area contributed by atoms with E-state index < -0.39 is 0 Å². The van der Waals surface area contributed by atoms with Crippen LogP contribution < -0.4 is 9.47 Å². The molecule has 3 nitrogen and oxygen atoms in total. The summed E-state index contributed by atoms with van der Waals surface area (Å²) in [5.41, 5.74) is 7.81. The van der Waals surface area contributed by atoms with Crippen LogP contribution in [0.1, 0.15) is 41.5 Å². The van der Waals surface area contributed by atoms with Crippen molar-refractivity contribution >= 4 is 11.1 Å². The van der Waals surface area contributed by atoms with Crippen molar-refractivity contribution in [3.8, 4) is 11.5 Å². The van der Waals surface area contributed by atoms with Crippen LogP contribution in [0.25, 0.3) is 11.1 Å². The first kappa shape index (κ1) is 20.8. The zero-order valence-electron chi connectivity index (χ0n) is 18.8. The molecule has 0 unspecified atom stereocenters. The Bertz CT molecular complexity index is 1080. The van der Waals surface area contributed by atoms with Crippen LogP contribution in [0, 0.1) is 0 Å². The maximum absolute atomic E-state index is 6.06. The monoisotopic (exact) mass is 425 g/mol. The number of rotatable bonds is 7. The van der Waals surface area contributed by atoms with Crippen LogP contribution >= 0.6 is 0 Å². The van der Waals surface area contributed by atoms with Crippen LogP contribution in [0.3, 0.4) is 0 Å². The Labute approximate surface area is 191 Å². The Morgan fingerprint density at radius 3 is 2.28 bits per heavy atom. The van der Waals surface area contributed by atoms with Crippen LogP contribution in [-0.4, -0.2) is 38.3 Å². The van der Waals surface area contributed by atoms with Gasteiger partial charge in [0.25, 0.3) is 0 Å². The highest BCUT2D eigenvalue weighted by Crippen LogP contribution is 2.43. The van der Waals surface area contributed by atoms with E-state index in [4.69, 9.17) is 9.47 Å². The zero-order chi connectivity index (χ0) is 21.8. The highest BCUT2D eigenvalue weighted by atomic mass is 16.5. The second kappa shape index (κ2) is 9.62. The summed E-state index contributed by atoms with van der Waals surface area (Å²) in [6.45, 7) is 4.19. The normalized spacial score (nSPS) is 16.2. The third kappa shape index (κ3) is 4.44. The molecular weight excluding hydrogens is 394 g/mol. The third-order valence-electron chi connectivity index (χ3n) is 6.64. The number of likely N-dealkylation sites (tertiary alicyclic amines) is 1. The maximum Gasteiger partial charge on any atom is 0.119 e. The van der Waals surface area contributed by atoms with Gasteiger partial charge in [-0.3, -0.25) is 4.90 Å². The molecule has 3 heteroatoms. The fourth-order valence-electron chi connectivity index (χ4n) is 4.94. The summed E-state index contributed by atoms with van der Waals surface area (Å²) in [4.78, 5) is 2.51. The first-order valence-electron chi connectivity index (χ1n) is 11.7. The fraction of sp³-hybridized carbons (Fsp3) is 0.310. The number of piperidine rings is 1. The number of methoxy groups -OCH3 is 1. The summed E-state index contributed by atoms with van der Waals surface area (Å²) in [7, 11) is 1.73. The van der Waals surface area contributed by atoms with Gasteiger partial charge in [0.15, 0.2) is 0 Å². The molecule has 0 saturated carbocycles. The number of allylic oxidation sites excluding steroid dienone is 1. The number of hydrogen-bond donors (Lipinski definition) is 0. The van der Waals surface area contributed by atoms with Gasteiger partial charge in [0.1, 0.15) is 18.1 Å². The van der Waals surface area contributed by atoms with E-state index in [1.165, 1.54) is 65.8 Å². The molecule has 5 rings (SSSR count). The summed E-state index contributed by atoms with van der Waals surface area (Å²) in [6, 6.07) is 25.8. The topological polar surface area (TPSA) is 21.7 Å². The minimum absolute atomic E-state index is 0.750. The lowest BCUT2D eigenvalue weighted by molar-refractivity contribution is 0.183. The zero-order valence-corrected chi connectivity index (χ0v) is 18.8. The minimum atomic E-state index is 0.750. The molecule has 0 aromatic heterocycles. The van der Waals surface area contributed by atoms with E-state index in [1.807, 2.05) is 0 Å². The molecule has 1 saturated heterocycles. The van der Waals surface area contributed by atoms with Crippen molar-refractivity contribution in [1.82, 2.24) is 4.90 Å². The molecule has 3 aromatic carbocycles. The molecule has 0 bridgehead atoms. The summed E-state index contributed by atoms with van der Waals surface area (Å²) >= 11 is 0. The van der Waals surface area contributed by atoms with Gasteiger partial charge < -0.3 is 9.47 Å². The lowest BCUT2D eigenvalue weighted by atomic mass is 9.94. The minimum Gasteiger partial charge on any atom is -0.497 e. The molecule has 0 radical (unpaired) electrons. The van der Waals surface area contributed by atoms with Crippen LogP contribution in [0.15, 0.2) is 72.8 Å². The first-order valence-corrected chi connectivity index (χ1v) is 11.7. The van der Waals surface area contributed by atoms with Crippen molar-refractivity contribution in [2.24, 2.45) is 0 Å². The quantitative estimate of drug-likeness (QED) is 0.458. The number of hydrogen-bond acceptors (Lipinski definition) is 3. The first-order chi connectivity index (χ1) is 15.8. The fourth-order valence-corrected chi connectivity index (χ4v) is 4.94.